The first-order valence-electron chi connectivity index (χ1n) is 7.25. The van der Waals surface area contributed by atoms with E-state index < -0.39 is 9.84 Å². The Bertz CT molecular complexity index is 983. The van der Waals surface area contributed by atoms with E-state index in [9.17, 15) is 8.42 Å². The second kappa shape index (κ2) is 6.34. The third-order valence-corrected chi connectivity index (χ3v) is 4.99. The molecule has 2 aromatic heterocycles. The van der Waals surface area contributed by atoms with E-state index in [2.05, 4.69) is 9.97 Å². The highest BCUT2D eigenvalue weighted by atomic mass is 35.5. The molecule has 0 unspecified atom stereocenters. The van der Waals surface area contributed by atoms with Crippen LogP contribution in [0.3, 0.4) is 0 Å². The summed E-state index contributed by atoms with van der Waals surface area (Å²) in [6, 6.07) is 12.5. The Morgan fingerprint density at radius 2 is 1.58 bits per heavy atom. The van der Waals surface area contributed by atoms with Gasteiger partial charge in [-0.3, -0.25) is 4.98 Å². The van der Waals surface area contributed by atoms with Gasteiger partial charge in [0.15, 0.2) is 21.4 Å². The maximum Gasteiger partial charge on any atom is 0.244 e. The minimum absolute atomic E-state index is 0.285. The summed E-state index contributed by atoms with van der Waals surface area (Å²) in [6.45, 7) is 1.92. The molecule has 3 aromatic rings. The van der Waals surface area contributed by atoms with Gasteiger partial charge in [-0.05, 0) is 36.8 Å². The first kappa shape index (κ1) is 16.6. The van der Waals surface area contributed by atoms with Gasteiger partial charge in [0, 0.05) is 35.3 Å². The summed E-state index contributed by atoms with van der Waals surface area (Å²) in [6.07, 6.45) is 4.60. The summed E-state index contributed by atoms with van der Waals surface area (Å²) in [5.41, 5.74) is 4.30. The Kier molecular flexibility index (Phi) is 4.39. The highest BCUT2D eigenvalue weighted by Gasteiger charge is 2.14. The third-order valence-electron chi connectivity index (χ3n) is 3.64. The molecule has 2 heterocycles. The summed E-state index contributed by atoms with van der Waals surface area (Å²) in [5.74, 6) is 0. The molecule has 0 aliphatic rings. The smallest absolute Gasteiger partial charge is 0.244 e. The van der Waals surface area contributed by atoms with E-state index in [4.69, 9.17) is 11.6 Å². The molecule has 0 atom stereocenters. The predicted octanol–water partition coefficient (Wildman–Crippen LogP) is 3.22. The van der Waals surface area contributed by atoms with Crippen molar-refractivity contribution >= 4 is 9.84 Å². The molecule has 0 radical (unpaired) electrons. The van der Waals surface area contributed by atoms with Crippen LogP contribution in [0.15, 0.2) is 59.8 Å². The molecule has 0 aliphatic carbocycles. The van der Waals surface area contributed by atoms with Crippen molar-refractivity contribution in [2.75, 3.05) is 6.26 Å². The Morgan fingerprint density at radius 1 is 0.917 bits per heavy atom. The molecule has 0 amide bonds. The lowest BCUT2D eigenvalue weighted by Gasteiger charge is -2.09. The van der Waals surface area contributed by atoms with Crippen molar-refractivity contribution in [3.63, 3.8) is 0 Å². The molecule has 1 aromatic carbocycles. The van der Waals surface area contributed by atoms with Crippen LogP contribution in [0.1, 0.15) is 5.69 Å². The minimum atomic E-state index is -3.22. The van der Waals surface area contributed by atoms with E-state index in [1.54, 1.807) is 36.7 Å². The number of aromatic nitrogens is 2. The first-order valence-corrected chi connectivity index (χ1v) is 9.55. The number of aryl methyl sites for hydroxylation is 1. The van der Waals surface area contributed by atoms with Crippen molar-refractivity contribution < 1.29 is 20.0 Å². The number of sulfone groups is 1. The van der Waals surface area contributed by atoms with E-state index in [1.807, 2.05) is 25.1 Å². The van der Waals surface area contributed by atoms with E-state index in [0.29, 0.717) is 5.02 Å². The number of halogens is 1. The zero-order valence-corrected chi connectivity index (χ0v) is 14.9. The number of pyridine rings is 2. The van der Waals surface area contributed by atoms with Crippen LogP contribution in [0.25, 0.3) is 22.4 Å². The minimum Gasteiger partial charge on any atom is -0.261 e. The number of hydrogen-bond donors (Lipinski definition) is 0. The van der Waals surface area contributed by atoms with Gasteiger partial charge in [0.05, 0.1) is 16.8 Å². The normalized spacial score (nSPS) is 11.5. The SMILES string of the molecule is Cc1ccc(-c2ncc([ClH+])cc2-c2ccc(S(C)(=O)=O)cc2)cn1. The molecule has 122 valence electrons. The van der Waals surface area contributed by atoms with Gasteiger partial charge in [-0.2, -0.15) is 0 Å². The van der Waals surface area contributed by atoms with Crippen LogP contribution in [0.2, 0.25) is 5.02 Å². The van der Waals surface area contributed by atoms with Crippen molar-refractivity contribution in [2.24, 2.45) is 0 Å². The largest absolute Gasteiger partial charge is 0.261 e. The van der Waals surface area contributed by atoms with Gasteiger partial charge in [-0.25, -0.2) is 13.4 Å². The van der Waals surface area contributed by atoms with Crippen LogP contribution < -0.4 is 0 Å². The van der Waals surface area contributed by atoms with Crippen molar-refractivity contribution in [2.45, 2.75) is 11.8 Å². The molecule has 0 fully saturated rings. The Morgan fingerprint density at radius 3 is 2.17 bits per heavy atom. The quantitative estimate of drug-likeness (QED) is 0.720. The summed E-state index contributed by atoms with van der Waals surface area (Å²) in [7, 11) is -3.22. The average molecular weight is 360 g/mol. The van der Waals surface area contributed by atoms with Crippen LogP contribution in [-0.4, -0.2) is 24.6 Å². The van der Waals surface area contributed by atoms with Gasteiger partial charge in [-0.1, -0.05) is 12.1 Å². The average Bonchev–Trinajstić information content (AvgIpc) is 2.55. The van der Waals surface area contributed by atoms with Crippen molar-refractivity contribution in [1.29, 1.82) is 0 Å². The topological polar surface area (TPSA) is 59.9 Å². The maximum absolute atomic E-state index is 11.6. The Hall–Kier alpha value is -2.24. The zero-order valence-electron chi connectivity index (χ0n) is 13.2. The number of benzene rings is 1. The molecular weight excluding hydrogens is 344 g/mol. The van der Waals surface area contributed by atoms with Crippen molar-refractivity contribution in [1.82, 2.24) is 9.97 Å². The highest BCUT2D eigenvalue weighted by Crippen LogP contribution is 2.31. The lowest BCUT2D eigenvalue weighted by atomic mass is 10.0. The van der Waals surface area contributed by atoms with Crippen LogP contribution in [0.5, 0.6) is 0 Å². The molecule has 0 saturated heterocycles. The molecule has 6 heteroatoms. The lowest BCUT2D eigenvalue weighted by molar-refractivity contribution is -0.289. The van der Waals surface area contributed by atoms with Gasteiger partial charge >= 0.3 is 0 Å². The second-order valence-electron chi connectivity index (χ2n) is 5.55. The molecule has 3 rings (SSSR count). The Balaban J connectivity index is 2.13. The molecule has 0 bridgehead atoms. The number of nitrogens with zero attached hydrogens (tertiary/aromatic N) is 2. The van der Waals surface area contributed by atoms with Crippen molar-refractivity contribution in [3.05, 3.63) is 65.6 Å². The standard InChI is InChI=1S/C18H16ClN2O2S/c1-12-3-4-14(10-20-12)18-17(9-15(19)11-21-18)13-5-7-16(8-6-13)24(2,22)23/h3-11,19H,1-2H3/q+1. The summed E-state index contributed by atoms with van der Waals surface area (Å²) >= 11 is 5.24. The first-order chi connectivity index (χ1) is 11.3. The monoisotopic (exact) mass is 359 g/mol. The highest BCUT2D eigenvalue weighted by molar-refractivity contribution is 7.90. The molecule has 0 spiro atoms. The molecular formula is C18H16ClN2O2S+. The predicted molar refractivity (Wildman–Crippen MR) is 91.3 cm³/mol. The summed E-state index contributed by atoms with van der Waals surface area (Å²) in [5, 5.41) is 0.626. The molecule has 24 heavy (non-hydrogen) atoms. The van der Waals surface area contributed by atoms with E-state index in [-0.39, 0.29) is 4.90 Å². The fourth-order valence-corrected chi connectivity index (χ4v) is 3.19. The van der Waals surface area contributed by atoms with Crippen LogP contribution in [0.4, 0.5) is 0 Å². The van der Waals surface area contributed by atoms with Gasteiger partial charge in [0.1, 0.15) is 0 Å². The Labute approximate surface area is 146 Å². The molecule has 0 aliphatic heterocycles. The van der Waals surface area contributed by atoms with E-state index >= 15 is 0 Å². The molecule has 0 saturated carbocycles. The lowest BCUT2D eigenvalue weighted by Crippen LogP contribution is -1.97. The van der Waals surface area contributed by atoms with Gasteiger partial charge in [0.2, 0.25) is 5.02 Å². The van der Waals surface area contributed by atoms with Crippen LogP contribution in [0, 0.1) is 18.5 Å². The second-order valence-corrected chi connectivity index (χ2v) is 8.04. The zero-order chi connectivity index (χ0) is 17.3. The summed E-state index contributed by atoms with van der Waals surface area (Å²) in [4.78, 5) is 9.06. The maximum atomic E-state index is 11.6. The van der Waals surface area contributed by atoms with Gasteiger partial charge in [0.25, 0.3) is 0 Å². The molecule has 4 nitrogen and oxygen atoms in total. The fraction of sp³-hybridized carbons (Fsp3) is 0.111. The fourth-order valence-electron chi connectivity index (χ4n) is 2.39. The summed E-state index contributed by atoms with van der Waals surface area (Å²) < 4.78 is 23.2. The number of rotatable bonds is 3. The van der Waals surface area contributed by atoms with Crippen LogP contribution >= 0.6 is 0 Å². The third kappa shape index (κ3) is 3.47. The van der Waals surface area contributed by atoms with E-state index in [0.717, 1.165) is 28.1 Å². The van der Waals surface area contributed by atoms with Crippen molar-refractivity contribution in [3.8, 4) is 22.4 Å². The van der Waals surface area contributed by atoms with E-state index in [1.165, 1.54) is 6.26 Å². The van der Waals surface area contributed by atoms with Gasteiger partial charge < -0.3 is 0 Å². The van der Waals surface area contributed by atoms with Crippen LogP contribution in [-0.2, 0) is 9.84 Å². The molecule has 0 N–H and O–H groups in total. The number of hydrogen-bond acceptors (Lipinski definition) is 4. The van der Waals surface area contributed by atoms with Gasteiger partial charge in [-0.15, -0.1) is 0 Å².